The van der Waals surface area contributed by atoms with E-state index in [1.807, 2.05) is 42.5 Å². The number of hydrogen-bond acceptors (Lipinski definition) is 10. The highest BCUT2D eigenvalue weighted by Crippen LogP contribution is 2.19. The quantitative estimate of drug-likeness (QED) is 0.126. The Morgan fingerprint density at radius 3 is 2.58 bits per heavy atom. The molecule has 2 aromatic carbocycles. The molecule has 3 heterocycles. The lowest BCUT2D eigenvalue weighted by atomic mass is 10.1. The van der Waals surface area contributed by atoms with Crippen LogP contribution in [0.3, 0.4) is 0 Å². The van der Waals surface area contributed by atoms with Crippen LogP contribution < -0.4 is 16.0 Å². The highest BCUT2D eigenvalue weighted by molar-refractivity contribution is 7.15. The fourth-order valence-electron chi connectivity index (χ4n) is 4.94. The molecule has 1 fully saturated rings. The van der Waals surface area contributed by atoms with Gasteiger partial charge in [0.2, 0.25) is 11.0 Å². The topological polar surface area (TPSA) is 128 Å². The summed E-state index contributed by atoms with van der Waals surface area (Å²) in [6.07, 6.45) is 3.20. The lowest BCUT2D eigenvalue weighted by Crippen LogP contribution is -2.43. The first-order valence-corrected chi connectivity index (χ1v) is 15.5. The van der Waals surface area contributed by atoms with Gasteiger partial charge in [0.15, 0.2) is 5.82 Å². The SMILES string of the molecule is O=C(Cc1ccc(F)c(CN2CCNCC2)c1)Nc1nnc(CCCCc2ccc(NC(O)Cc3ccccc3)nn2)s1. The number of aryl methyl sites for hydroxylation is 2. The van der Waals surface area contributed by atoms with Gasteiger partial charge in [-0.25, -0.2) is 4.39 Å². The monoisotopic (exact) mass is 604 g/mol. The first kappa shape index (κ1) is 30.6. The molecule has 0 saturated carbocycles. The fourth-order valence-corrected chi connectivity index (χ4v) is 5.73. The summed E-state index contributed by atoms with van der Waals surface area (Å²) in [5.41, 5.74) is 3.30. The predicted octanol–water partition coefficient (Wildman–Crippen LogP) is 3.59. The molecule has 4 aromatic rings. The molecule has 0 aliphatic carbocycles. The van der Waals surface area contributed by atoms with Crippen molar-refractivity contribution in [1.82, 2.24) is 30.6 Å². The van der Waals surface area contributed by atoms with Crippen LogP contribution in [-0.4, -0.2) is 68.7 Å². The molecule has 0 radical (unpaired) electrons. The standard InChI is InChI=1S/C31H37FN8O2S/c32-26-12-10-23(18-24(26)21-40-16-14-33-15-17-40)20-29(42)35-31-39-38-30(43-31)9-5-4-8-25-11-13-27(37-36-25)34-28(41)19-22-6-2-1-3-7-22/h1-3,6-7,10-13,18,28,33,41H,4-5,8-9,14-17,19-21H2,(H,34,37)(H,35,39,42). The Morgan fingerprint density at radius 1 is 0.977 bits per heavy atom. The van der Waals surface area contributed by atoms with Gasteiger partial charge in [-0.3, -0.25) is 9.69 Å². The zero-order valence-electron chi connectivity index (χ0n) is 24.0. The molecular formula is C31H37FN8O2S. The number of aliphatic hydroxyl groups excluding tert-OH is 1. The number of carbonyl (C=O) groups is 1. The number of piperazine rings is 1. The van der Waals surface area contributed by atoms with E-state index < -0.39 is 6.23 Å². The van der Waals surface area contributed by atoms with Gasteiger partial charge in [-0.1, -0.05) is 53.8 Å². The molecule has 12 heteroatoms. The first-order chi connectivity index (χ1) is 21.0. The number of aromatic nitrogens is 4. The molecule has 10 nitrogen and oxygen atoms in total. The Kier molecular flexibility index (Phi) is 11.1. The van der Waals surface area contributed by atoms with Gasteiger partial charge in [0, 0.05) is 51.1 Å². The van der Waals surface area contributed by atoms with Crippen molar-refractivity contribution in [3.63, 3.8) is 0 Å². The molecular weight excluding hydrogens is 567 g/mol. The Hall–Kier alpha value is -3.84. The van der Waals surface area contributed by atoms with Crippen molar-refractivity contribution < 1.29 is 14.3 Å². The van der Waals surface area contributed by atoms with Crippen molar-refractivity contribution in [2.45, 2.75) is 51.3 Å². The number of hydrogen-bond donors (Lipinski definition) is 4. The second kappa shape index (κ2) is 15.6. The molecule has 1 unspecified atom stereocenters. The summed E-state index contributed by atoms with van der Waals surface area (Å²) in [7, 11) is 0. The van der Waals surface area contributed by atoms with Gasteiger partial charge in [-0.05, 0) is 48.6 Å². The number of unbranched alkanes of at least 4 members (excludes halogenated alkanes) is 1. The van der Waals surface area contributed by atoms with Gasteiger partial charge in [-0.2, -0.15) is 5.10 Å². The van der Waals surface area contributed by atoms with E-state index in [9.17, 15) is 14.3 Å². The molecule has 43 heavy (non-hydrogen) atoms. The van der Waals surface area contributed by atoms with Crippen LogP contribution in [0.4, 0.5) is 15.3 Å². The Labute approximate surface area is 254 Å². The van der Waals surface area contributed by atoms with E-state index in [0.29, 0.717) is 29.5 Å². The second-order valence-corrected chi connectivity index (χ2v) is 11.7. The number of aliphatic hydroxyl groups is 1. The number of rotatable bonds is 14. The molecule has 0 bridgehead atoms. The zero-order chi connectivity index (χ0) is 29.9. The lowest BCUT2D eigenvalue weighted by molar-refractivity contribution is -0.115. The highest BCUT2D eigenvalue weighted by atomic mass is 32.1. The minimum absolute atomic E-state index is 0.144. The average Bonchev–Trinajstić information content (AvgIpc) is 3.45. The minimum Gasteiger partial charge on any atom is -0.373 e. The number of nitrogens with zero attached hydrogens (tertiary/aromatic N) is 5. The molecule has 4 N–H and O–H groups in total. The minimum atomic E-state index is -0.743. The number of halogens is 1. The third-order valence-electron chi connectivity index (χ3n) is 7.17. The molecule has 5 rings (SSSR count). The van der Waals surface area contributed by atoms with Gasteiger partial charge < -0.3 is 21.1 Å². The van der Waals surface area contributed by atoms with E-state index in [1.54, 1.807) is 12.1 Å². The van der Waals surface area contributed by atoms with E-state index in [2.05, 4.69) is 41.2 Å². The van der Waals surface area contributed by atoms with Crippen molar-refractivity contribution >= 4 is 28.2 Å². The van der Waals surface area contributed by atoms with Crippen molar-refractivity contribution in [3.8, 4) is 0 Å². The van der Waals surface area contributed by atoms with Crippen molar-refractivity contribution in [3.05, 3.63) is 93.9 Å². The second-order valence-electron chi connectivity index (χ2n) is 10.6. The normalized spacial score (nSPS) is 14.4. The van der Waals surface area contributed by atoms with Crippen LogP contribution in [-0.2, 0) is 37.0 Å². The largest absolute Gasteiger partial charge is 0.373 e. The summed E-state index contributed by atoms with van der Waals surface area (Å²) in [6.45, 7) is 4.10. The van der Waals surface area contributed by atoms with Crippen LogP contribution in [0.1, 0.15) is 40.2 Å². The van der Waals surface area contributed by atoms with E-state index in [1.165, 1.54) is 17.4 Å². The lowest BCUT2D eigenvalue weighted by Gasteiger charge is -2.27. The zero-order valence-corrected chi connectivity index (χ0v) is 24.8. The smallest absolute Gasteiger partial charge is 0.230 e. The summed E-state index contributed by atoms with van der Waals surface area (Å²) in [5.74, 6) is 0.0872. The van der Waals surface area contributed by atoms with Gasteiger partial charge in [-0.15, -0.1) is 15.3 Å². The average molecular weight is 605 g/mol. The van der Waals surface area contributed by atoms with E-state index in [-0.39, 0.29) is 18.1 Å². The predicted molar refractivity (Wildman–Crippen MR) is 165 cm³/mol. The van der Waals surface area contributed by atoms with Crippen LogP contribution in [0, 0.1) is 5.82 Å². The van der Waals surface area contributed by atoms with E-state index >= 15 is 0 Å². The van der Waals surface area contributed by atoms with Gasteiger partial charge >= 0.3 is 0 Å². The number of benzene rings is 2. The van der Waals surface area contributed by atoms with Crippen LogP contribution in [0.5, 0.6) is 0 Å². The Morgan fingerprint density at radius 2 is 1.79 bits per heavy atom. The highest BCUT2D eigenvalue weighted by Gasteiger charge is 2.15. The summed E-state index contributed by atoms with van der Waals surface area (Å²) in [5, 5.41) is 37.5. The van der Waals surface area contributed by atoms with Crippen molar-refractivity contribution in [2.24, 2.45) is 0 Å². The maximum absolute atomic E-state index is 14.4. The Balaban J connectivity index is 1.01. The third-order valence-corrected chi connectivity index (χ3v) is 8.07. The first-order valence-electron chi connectivity index (χ1n) is 14.6. The summed E-state index contributed by atoms with van der Waals surface area (Å²) >= 11 is 1.37. The van der Waals surface area contributed by atoms with Crippen LogP contribution in [0.15, 0.2) is 60.7 Å². The fraction of sp³-hybridized carbons (Fsp3) is 0.387. The van der Waals surface area contributed by atoms with E-state index in [0.717, 1.165) is 73.7 Å². The summed E-state index contributed by atoms with van der Waals surface area (Å²) in [6, 6.07) is 18.4. The van der Waals surface area contributed by atoms with Gasteiger partial charge in [0.25, 0.3) is 0 Å². The summed E-state index contributed by atoms with van der Waals surface area (Å²) < 4.78 is 14.4. The van der Waals surface area contributed by atoms with Crippen molar-refractivity contribution in [1.29, 1.82) is 0 Å². The maximum atomic E-state index is 14.4. The summed E-state index contributed by atoms with van der Waals surface area (Å²) in [4.78, 5) is 14.9. The number of anilines is 2. The van der Waals surface area contributed by atoms with Crippen LogP contribution in [0.25, 0.3) is 0 Å². The Bertz CT molecular complexity index is 1450. The molecule has 1 saturated heterocycles. The molecule has 0 spiro atoms. The number of amides is 1. The van der Waals surface area contributed by atoms with Gasteiger partial charge in [0.1, 0.15) is 17.1 Å². The molecule has 1 aliphatic rings. The van der Waals surface area contributed by atoms with Crippen LogP contribution in [0.2, 0.25) is 0 Å². The third kappa shape index (κ3) is 9.85. The molecule has 226 valence electrons. The maximum Gasteiger partial charge on any atom is 0.230 e. The molecule has 2 aromatic heterocycles. The van der Waals surface area contributed by atoms with E-state index in [4.69, 9.17) is 0 Å². The molecule has 1 amide bonds. The van der Waals surface area contributed by atoms with Gasteiger partial charge in [0.05, 0.1) is 12.1 Å². The van der Waals surface area contributed by atoms with Crippen molar-refractivity contribution in [2.75, 3.05) is 36.8 Å². The van der Waals surface area contributed by atoms with Crippen LogP contribution >= 0.6 is 11.3 Å². The number of nitrogens with one attached hydrogen (secondary N) is 3. The molecule has 1 aliphatic heterocycles. The number of carbonyl (C=O) groups excluding carboxylic acids is 1. The molecule has 1 atom stereocenters.